The van der Waals surface area contributed by atoms with Crippen LogP contribution in [0.15, 0.2) is 36.7 Å². The van der Waals surface area contributed by atoms with Crippen LogP contribution in [0.4, 0.5) is 11.4 Å². The molecule has 118 valence electrons. The Morgan fingerprint density at radius 1 is 1.30 bits per heavy atom. The number of pyridine rings is 1. The van der Waals surface area contributed by atoms with E-state index in [9.17, 15) is 10.1 Å². The van der Waals surface area contributed by atoms with Gasteiger partial charge in [-0.15, -0.1) is 11.3 Å². The smallest absolute Gasteiger partial charge is 0.278 e. The average molecular weight is 328 g/mol. The van der Waals surface area contributed by atoms with Crippen LogP contribution in [0.2, 0.25) is 0 Å². The zero-order valence-electron chi connectivity index (χ0n) is 12.7. The van der Waals surface area contributed by atoms with Crippen LogP contribution in [0.3, 0.4) is 0 Å². The molecule has 0 saturated carbocycles. The van der Waals surface area contributed by atoms with E-state index >= 15 is 0 Å². The predicted molar refractivity (Wildman–Crippen MR) is 92.1 cm³/mol. The molecule has 0 amide bonds. The van der Waals surface area contributed by atoms with Crippen LogP contribution in [0.5, 0.6) is 0 Å². The summed E-state index contributed by atoms with van der Waals surface area (Å²) in [4.78, 5) is 20.7. The van der Waals surface area contributed by atoms with E-state index in [0.29, 0.717) is 17.4 Å². The third-order valence-corrected chi connectivity index (χ3v) is 4.75. The van der Waals surface area contributed by atoms with Gasteiger partial charge in [0.1, 0.15) is 5.52 Å². The van der Waals surface area contributed by atoms with Gasteiger partial charge in [0.25, 0.3) is 5.69 Å². The van der Waals surface area contributed by atoms with Gasteiger partial charge in [0.15, 0.2) is 0 Å². The zero-order valence-corrected chi connectivity index (χ0v) is 13.5. The Bertz CT molecular complexity index is 847. The summed E-state index contributed by atoms with van der Waals surface area (Å²) in [5, 5.41) is 16.1. The standard InChI is InChI=1S/C16H16N4O2S/c1-2-11-10-19-15(23-11)7-9-17-13-5-6-14(20(21)22)12-4-3-8-18-16(12)13/h3-6,8,10,17H,2,7,9H2,1H3. The number of nitrogens with one attached hydrogen (secondary N) is 1. The highest BCUT2D eigenvalue weighted by molar-refractivity contribution is 7.11. The maximum absolute atomic E-state index is 11.1. The van der Waals surface area contributed by atoms with Crippen LogP contribution < -0.4 is 5.32 Å². The van der Waals surface area contributed by atoms with E-state index in [0.717, 1.165) is 23.5 Å². The number of rotatable bonds is 6. The summed E-state index contributed by atoms with van der Waals surface area (Å²) in [6, 6.07) is 6.67. The molecular formula is C16H16N4O2S. The van der Waals surface area contributed by atoms with Crippen molar-refractivity contribution in [2.75, 3.05) is 11.9 Å². The quantitative estimate of drug-likeness (QED) is 0.549. The number of benzene rings is 1. The van der Waals surface area contributed by atoms with E-state index in [2.05, 4.69) is 22.2 Å². The molecule has 0 unspecified atom stereocenters. The lowest BCUT2D eigenvalue weighted by Gasteiger charge is -2.08. The fraction of sp³-hybridized carbons (Fsp3) is 0.250. The lowest BCUT2D eigenvalue weighted by molar-refractivity contribution is -0.383. The first-order valence-electron chi connectivity index (χ1n) is 7.38. The number of hydrogen-bond donors (Lipinski definition) is 1. The van der Waals surface area contributed by atoms with Crippen molar-refractivity contribution >= 4 is 33.6 Å². The molecule has 6 nitrogen and oxygen atoms in total. The Balaban J connectivity index is 1.78. The van der Waals surface area contributed by atoms with E-state index < -0.39 is 0 Å². The minimum absolute atomic E-state index is 0.0751. The molecule has 2 heterocycles. The maximum atomic E-state index is 11.1. The van der Waals surface area contributed by atoms with Crippen molar-refractivity contribution in [1.82, 2.24) is 9.97 Å². The molecule has 0 aliphatic rings. The number of anilines is 1. The molecule has 3 aromatic rings. The summed E-state index contributed by atoms with van der Waals surface area (Å²) >= 11 is 1.72. The fourth-order valence-electron chi connectivity index (χ4n) is 2.39. The van der Waals surface area contributed by atoms with Gasteiger partial charge in [-0.1, -0.05) is 6.92 Å². The first-order valence-corrected chi connectivity index (χ1v) is 8.20. The molecule has 3 rings (SSSR count). The largest absolute Gasteiger partial charge is 0.383 e. The molecule has 7 heteroatoms. The molecule has 1 N–H and O–H groups in total. The van der Waals surface area contributed by atoms with Crippen molar-refractivity contribution in [3.8, 4) is 0 Å². The molecule has 0 aliphatic heterocycles. The number of non-ortho nitro benzene ring substituents is 1. The summed E-state index contributed by atoms with van der Waals surface area (Å²) in [6.07, 6.45) is 5.38. The van der Waals surface area contributed by atoms with Crippen molar-refractivity contribution < 1.29 is 4.92 Å². The first-order chi connectivity index (χ1) is 11.2. The van der Waals surface area contributed by atoms with Crippen molar-refractivity contribution in [2.45, 2.75) is 19.8 Å². The van der Waals surface area contributed by atoms with Gasteiger partial charge in [0, 0.05) is 36.3 Å². The number of aryl methyl sites for hydroxylation is 1. The highest BCUT2D eigenvalue weighted by Gasteiger charge is 2.14. The Kier molecular flexibility index (Phi) is 4.47. The number of nitro benzene ring substituents is 1. The molecule has 0 spiro atoms. The topological polar surface area (TPSA) is 81.0 Å². The van der Waals surface area contributed by atoms with Crippen LogP contribution in [-0.4, -0.2) is 21.4 Å². The summed E-state index contributed by atoms with van der Waals surface area (Å²) < 4.78 is 0. The molecular weight excluding hydrogens is 312 g/mol. The highest BCUT2D eigenvalue weighted by Crippen LogP contribution is 2.29. The van der Waals surface area contributed by atoms with E-state index in [-0.39, 0.29) is 10.6 Å². The van der Waals surface area contributed by atoms with Crippen LogP contribution >= 0.6 is 11.3 Å². The van der Waals surface area contributed by atoms with Crippen LogP contribution in [0.25, 0.3) is 10.9 Å². The lowest BCUT2D eigenvalue weighted by atomic mass is 10.1. The molecule has 0 radical (unpaired) electrons. The normalized spacial score (nSPS) is 10.8. The third-order valence-electron chi connectivity index (χ3n) is 3.55. The van der Waals surface area contributed by atoms with Gasteiger partial charge in [-0.2, -0.15) is 0 Å². The third kappa shape index (κ3) is 3.29. The first kappa shape index (κ1) is 15.4. The maximum Gasteiger partial charge on any atom is 0.278 e. The van der Waals surface area contributed by atoms with Gasteiger partial charge in [-0.25, -0.2) is 4.98 Å². The number of fused-ring (bicyclic) bond motifs is 1. The van der Waals surface area contributed by atoms with Gasteiger partial charge in [-0.05, 0) is 24.6 Å². The van der Waals surface area contributed by atoms with Crippen LogP contribution in [0.1, 0.15) is 16.8 Å². The van der Waals surface area contributed by atoms with Gasteiger partial charge >= 0.3 is 0 Å². The predicted octanol–water partition coefficient (Wildman–Crippen LogP) is 3.82. The molecule has 0 bridgehead atoms. The summed E-state index contributed by atoms with van der Waals surface area (Å²) in [6.45, 7) is 2.82. The number of hydrogen-bond acceptors (Lipinski definition) is 6. The molecule has 0 fully saturated rings. The number of nitro groups is 1. The number of thiazole rings is 1. The van der Waals surface area contributed by atoms with Gasteiger partial charge in [0.05, 0.1) is 21.0 Å². The SMILES string of the molecule is CCc1cnc(CCNc2ccc([N+](=O)[O-])c3cccnc23)s1. The molecule has 1 aromatic carbocycles. The average Bonchev–Trinajstić information content (AvgIpc) is 3.02. The minimum Gasteiger partial charge on any atom is -0.383 e. The van der Waals surface area contributed by atoms with Gasteiger partial charge in [0.2, 0.25) is 0 Å². The van der Waals surface area contributed by atoms with Crippen molar-refractivity contribution in [3.05, 3.63) is 56.7 Å². The molecule has 2 aromatic heterocycles. The van der Waals surface area contributed by atoms with E-state index in [4.69, 9.17) is 0 Å². The van der Waals surface area contributed by atoms with Crippen molar-refractivity contribution in [1.29, 1.82) is 0 Å². The molecule has 23 heavy (non-hydrogen) atoms. The Labute approximate surface area is 137 Å². The Morgan fingerprint density at radius 2 is 2.17 bits per heavy atom. The molecule has 0 saturated heterocycles. The molecule has 0 atom stereocenters. The van der Waals surface area contributed by atoms with Gasteiger partial charge < -0.3 is 5.32 Å². The second-order valence-corrected chi connectivity index (χ2v) is 6.24. The molecule has 0 aliphatic carbocycles. The second kappa shape index (κ2) is 6.70. The van der Waals surface area contributed by atoms with Crippen molar-refractivity contribution in [2.24, 2.45) is 0 Å². The monoisotopic (exact) mass is 328 g/mol. The lowest BCUT2D eigenvalue weighted by Crippen LogP contribution is -2.06. The van der Waals surface area contributed by atoms with E-state index in [1.54, 1.807) is 35.7 Å². The number of aromatic nitrogens is 2. The van der Waals surface area contributed by atoms with Crippen LogP contribution in [0, 0.1) is 10.1 Å². The fourth-order valence-corrected chi connectivity index (χ4v) is 3.25. The van der Waals surface area contributed by atoms with Crippen molar-refractivity contribution in [3.63, 3.8) is 0 Å². The Hall–Kier alpha value is -2.54. The highest BCUT2D eigenvalue weighted by atomic mass is 32.1. The second-order valence-electron chi connectivity index (χ2n) is 5.04. The minimum atomic E-state index is -0.379. The van der Waals surface area contributed by atoms with E-state index in [1.165, 1.54) is 10.9 Å². The van der Waals surface area contributed by atoms with Gasteiger partial charge in [-0.3, -0.25) is 15.1 Å². The summed E-state index contributed by atoms with van der Waals surface area (Å²) in [5.74, 6) is 0. The summed E-state index contributed by atoms with van der Waals surface area (Å²) in [5.41, 5.74) is 1.50. The number of nitrogens with zero attached hydrogens (tertiary/aromatic N) is 3. The Morgan fingerprint density at radius 3 is 2.91 bits per heavy atom. The van der Waals surface area contributed by atoms with E-state index in [1.807, 2.05) is 6.20 Å². The van der Waals surface area contributed by atoms with Crippen LogP contribution in [-0.2, 0) is 12.8 Å². The zero-order chi connectivity index (χ0) is 16.2. The summed E-state index contributed by atoms with van der Waals surface area (Å²) in [7, 11) is 0.